The van der Waals surface area contributed by atoms with Crippen molar-refractivity contribution in [3.05, 3.63) is 93.9 Å². The Labute approximate surface area is 167 Å². The maximum Gasteiger partial charge on any atom is 0.235 e. The predicted octanol–water partition coefficient (Wildman–Crippen LogP) is 5.50. The van der Waals surface area contributed by atoms with Crippen molar-refractivity contribution >= 4 is 11.0 Å². The molecular weight excluding hydrogens is 371 g/mol. The SMILES string of the molecule is COc1ccc(-c2oc3ccc(C)cc3c(=O)c2OCc2ccccc2F)cc1. The smallest absolute Gasteiger partial charge is 0.235 e. The third-order valence-corrected chi connectivity index (χ3v) is 4.69. The van der Waals surface area contributed by atoms with E-state index in [0.29, 0.717) is 33.6 Å². The molecule has 0 aliphatic carbocycles. The zero-order chi connectivity index (χ0) is 20.4. The Morgan fingerprint density at radius 2 is 1.76 bits per heavy atom. The lowest BCUT2D eigenvalue weighted by Crippen LogP contribution is -2.11. The summed E-state index contributed by atoms with van der Waals surface area (Å²) in [6.07, 6.45) is 0. The molecule has 0 aliphatic heterocycles. The van der Waals surface area contributed by atoms with E-state index < -0.39 is 0 Å². The maximum absolute atomic E-state index is 14.0. The van der Waals surface area contributed by atoms with Gasteiger partial charge in [0.25, 0.3) is 0 Å². The van der Waals surface area contributed by atoms with Gasteiger partial charge in [0.05, 0.1) is 12.5 Å². The van der Waals surface area contributed by atoms with E-state index in [9.17, 15) is 9.18 Å². The van der Waals surface area contributed by atoms with E-state index in [0.717, 1.165) is 5.56 Å². The van der Waals surface area contributed by atoms with Gasteiger partial charge in [0.1, 0.15) is 23.8 Å². The summed E-state index contributed by atoms with van der Waals surface area (Å²) in [6, 6.07) is 18.8. The molecule has 5 heteroatoms. The van der Waals surface area contributed by atoms with E-state index in [1.807, 2.05) is 13.0 Å². The van der Waals surface area contributed by atoms with Crippen LogP contribution in [0.1, 0.15) is 11.1 Å². The molecule has 4 aromatic rings. The number of ether oxygens (including phenoxy) is 2. The fourth-order valence-corrected chi connectivity index (χ4v) is 3.12. The summed E-state index contributed by atoms with van der Waals surface area (Å²) in [7, 11) is 1.58. The molecule has 4 rings (SSSR count). The first-order valence-corrected chi connectivity index (χ1v) is 9.15. The van der Waals surface area contributed by atoms with Crippen LogP contribution in [0.2, 0.25) is 0 Å². The summed E-state index contributed by atoms with van der Waals surface area (Å²) in [4.78, 5) is 13.2. The normalized spacial score (nSPS) is 10.9. The van der Waals surface area contributed by atoms with Crippen LogP contribution < -0.4 is 14.9 Å². The molecule has 4 nitrogen and oxygen atoms in total. The van der Waals surface area contributed by atoms with Gasteiger partial charge in [-0.1, -0.05) is 29.8 Å². The molecule has 0 saturated carbocycles. The van der Waals surface area contributed by atoms with E-state index in [1.165, 1.54) is 6.07 Å². The Bertz CT molecular complexity index is 1230. The molecule has 0 bridgehead atoms. The van der Waals surface area contributed by atoms with Crippen LogP contribution in [0.3, 0.4) is 0 Å². The molecule has 1 aromatic heterocycles. The fourth-order valence-electron chi connectivity index (χ4n) is 3.12. The fraction of sp³-hybridized carbons (Fsp3) is 0.125. The van der Waals surface area contributed by atoms with Crippen LogP contribution in [0, 0.1) is 12.7 Å². The maximum atomic E-state index is 14.0. The second-order valence-corrected chi connectivity index (χ2v) is 6.70. The number of halogens is 1. The standard InChI is InChI=1S/C24H19FO4/c1-15-7-12-21-19(13-15)22(26)24(28-14-17-5-3-4-6-20(17)25)23(29-21)16-8-10-18(27-2)11-9-16/h3-13H,14H2,1-2H3. The summed E-state index contributed by atoms with van der Waals surface area (Å²) >= 11 is 0. The predicted molar refractivity (Wildman–Crippen MR) is 110 cm³/mol. The van der Waals surface area contributed by atoms with Gasteiger partial charge in [-0.05, 0) is 49.4 Å². The lowest BCUT2D eigenvalue weighted by Gasteiger charge is -2.13. The lowest BCUT2D eigenvalue weighted by molar-refractivity contribution is 0.292. The monoisotopic (exact) mass is 390 g/mol. The molecule has 3 aromatic carbocycles. The van der Waals surface area contributed by atoms with Gasteiger partial charge in [-0.2, -0.15) is 0 Å². The van der Waals surface area contributed by atoms with Crippen LogP contribution in [0.4, 0.5) is 4.39 Å². The molecule has 0 saturated heterocycles. The molecular formula is C24H19FO4. The van der Waals surface area contributed by atoms with Gasteiger partial charge in [0.2, 0.25) is 11.2 Å². The minimum Gasteiger partial charge on any atom is -0.497 e. The summed E-state index contributed by atoms with van der Waals surface area (Å²) in [6.45, 7) is 1.81. The molecule has 0 radical (unpaired) electrons. The Balaban J connectivity index is 1.85. The summed E-state index contributed by atoms with van der Waals surface area (Å²) in [5.74, 6) is 0.641. The Hall–Kier alpha value is -3.60. The molecule has 1 heterocycles. The molecule has 0 fully saturated rings. The molecule has 0 unspecified atom stereocenters. The number of hydrogen-bond acceptors (Lipinski definition) is 4. The third-order valence-electron chi connectivity index (χ3n) is 4.69. The molecule has 146 valence electrons. The molecule has 0 amide bonds. The molecule has 0 aliphatic rings. The average molecular weight is 390 g/mol. The van der Waals surface area contributed by atoms with Crippen LogP contribution in [0.25, 0.3) is 22.3 Å². The van der Waals surface area contributed by atoms with Crippen molar-refractivity contribution in [2.75, 3.05) is 7.11 Å². The second kappa shape index (κ2) is 7.80. The zero-order valence-electron chi connectivity index (χ0n) is 16.1. The average Bonchev–Trinajstić information content (AvgIpc) is 2.74. The highest BCUT2D eigenvalue weighted by Gasteiger charge is 2.18. The Morgan fingerprint density at radius 3 is 2.48 bits per heavy atom. The number of hydrogen-bond donors (Lipinski definition) is 0. The first-order valence-electron chi connectivity index (χ1n) is 9.15. The summed E-state index contributed by atoms with van der Waals surface area (Å²) in [5.41, 5.74) is 2.12. The topological polar surface area (TPSA) is 48.7 Å². The van der Waals surface area contributed by atoms with Crippen molar-refractivity contribution < 1.29 is 18.3 Å². The van der Waals surface area contributed by atoms with Crippen molar-refractivity contribution in [1.82, 2.24) is 0 Å². The van der Waals surface area contributed by atoms with Crippen LogP contribution in [-0.2, 0) is 6.61 Å². The van der Waals surface area contributed by atoms with Gasteiger partial charge in [-0.25, -0.2) is 4.39 Å². The van der Waals surface area contributed by atoms with Crippen LogP contribution in [-0.4, -0.2) is 7.11 Å². The van der Waals surface area contributed by atoms with Gasteiger partial charge in [-0.3, -0.25) is 4.79 Å². The summed E-state index contributed by atoms with van der Waals surface area (Å²) < 4.78 is 31.1. The van der Waals surface area contributed by atoms with E-state index in [1.54, 1.807) is 61.7 Å². The number of benzene rings is 3. The van der Waals surface area contributed by atoms with Crippen molar-refractivity contribution in [1.29, 1.82) is 0 Å². The van der Waals surface area contributed by atoms with Gasteiger partial charge in [0.15, 0.2) is 5.76 Å². The van der Waals surface area contributed by atoms with E-state index in [2.05, 4.69) is 0 Å². The summed E-state index contributed by atoms with van der Waals surface area (Å²) in [5, 5.41) is 0.422. The van der Waals surface area contributed by atoms with Crippen molar-refractivity contribution in [3.8, 4) is 22.8 Å². The van der Waals surface area contributed by atoms with Crippen LogP contribution in [0.15, 0.2) is 75.9 Å². The number of rotatable bonds is 5. The first-order chi connectivity index (χ1) is 14.1. The minimum atomic E-state index is -0.389. The zero-order valence-corrected chi connectivity index (χ0v) is 16.1. The Morgan fingerprint density at radius 1 is 1.00 bits per heavy atom. The molecule has 0 atom stereocenters. The highest BCUT2D eigenvalue weighted by Crippen LogP contribution is 2.32. The molecule has 0 spiro atoms. The third kappa shape index (κ3) is 3.72. The molecule has 0 N–H and O–H groups in total. The van der Waals surface area contributed by atoms with Gasteiger partial charge >= 0.3 is 0 Å². The van der Waals surface area contributed by atoms with Crippen LogP contribution in [0.5, 0.6) is 11.5 Å². The molecule has 29 heavy (non-hydrogen) atoms. The van der Waals surface area contributed by atoms with Gasteiger partial charge in [0, 0.05) is 11.1 Å². The number of aryl methyl sites for hydroxylation is 1. The van der Waals surface area contributed by atoms with Crippen molar-refractivity contribution in [3.63, 3.8) is 0 Å². The largest absolute Gasteiger partial charge is 0.497 e. The number of fused-ring (bicyclic) bond motifs is 1. The van der Waals surface area contributed by atoms with E-state index in [-0.39, 0.29) is 23.6 Å². The van der Waals surface area contributed by atoms with Gasteiger partial charge < -0.3 is 13.9 Å². The van der Waals surface area contributed by atoms with Crippen LogP contribution >= 0.6 is 0 Å². The highest BCUT2D eigenvalue weighted by molar-refractivity contribution is 5.82. The minimum absolute atomic E-state index is 0.0523. The number of methoxy groups -OCH3 is 1. The highest BCUT2D eigenvalue weighted by atomic mass is 19.1. The van der Waals surface area contributed by atoms with Crippen molar-refractivity contribution in [2.45, 2.75) is 13.5 Å². The second-order valence-electron chi connectivity index (χ2n) is 6.70. The van der Waals surface area contributed by atoms with E-state index >= 15 is 0 Å². The quantitative estimate of drug-likeness (QED) is 0.452. The first kappa shape index (κ1) is 18.7. The van der Waals surface area contributed by atoms with Gasteiger partial charge in [-0.15, -0.1) is 0 Å². The van der Waals surface area contributed by atoms with Crippen molar-refractivity contribution in [2.24, 2.45) is 0 Å². The van der Waals surface area contributed by atoms with E-state index in [4.69, 9.17) is 13.9 Å². The lowest BCUT2D eigenvalue weighted by atomic mass is 10.1. The Kier molecular flexibility index (Phi) is 5.04.